The molecule has 20 heavy (non-hydrogen) atoms. The molecule has 0 spiro atoms. The lowest BCUT2D eigenvalue weighted by atomic mass is 10.3. The lowest BCUT2D eigenvalue weighted by Gasteiger charge is -2.34. The Kier molecular flexibility index (Phi) is 7.80. The number of halogens is 1. The van der Waals surface area contributed by atoms with Crippen LogP contribution >= 0.6 is 11.6 Å². The molecule has 1 aliphatic rings. The summed E-state index contributed by atoms with van der Waals surface area (Å²) in [7, 11) is 0. The van der Waals surface area contributed by atoms with Gasteiger partial charge in [-0.1, -0.05) is 6.92 Å². The third-order valence-electron chi connectivity index (χ3n) is 3.04. The molecule has 0 radical (unpaired) electrons. The summed E-state index contributed by atoms with van der Waals surface area (Å²) in [5.41, 5.74) is 2.04. The zero-order chi connectivity index (χ0) is 15.0. The molecule has 2 heterocycles. The number of anilines is 1. The smallest absolute Gasteiger partial charge is 0.225 e. The van der Waals surface area contributed by atoms with Crippen LogP contribution in [0.3, 0.4) is 0 Å². The van der Waals surface area contributed by atoms with Crippen LogP contribution in [0.15, 0.2) is 6.07 Å². The van der Waals surface area contributed by atoms with Crippen molar-refractivity contribution in [3.05, 3.63) is 17.5 Å². The number of aliphatic hydroxyl groups is 1. The predicted octanol–water partition coefficient (Wildman–Crippen LogP) is 1.45. The number of alkyl halides is 1. The Morgan fingerprint density at radius 3 is 2.10 bits per heavy atom. The number of piperazine rings is 1. The molecule has 0 saturated carbocycles. The second-order valence-corrected chi connectivity index (χ2v) is 5.30. The number of hydrogen-bond acceptors (Lipinski definition) is 5. The standard InChI is InChI=1S/C12H20N4O.C2H5Cl/c1-10-9-11(2)14-12(13-10)16-5-3-15(4-6-16)7-8-17;1-2-3/h9,17H,3-8H2,1-2H3;2H2,1H3. The van der Waals surface area contributed by atoms with Crippen LogP contribution in [0.25, 0.3) is 0 Å². The van der Waals surface area contributed by atoms with Crippen molar-refractivity contribution in [1.29, 1.82) is 0 Å². The molecule has 0 aromatic carbocycles. The molecule has 1 aromatic rings. The number of hydrogen-bond donors (Lipinski definition) is 1. The van der Waals surface area contributed by atoms with Gasteiger partial charge in [0.2, 0.25) is 5.95 Å². The summed E-state index contributed by atoms with van der Waals surface area (Å²) in [5, 5.41) is 8.89. The van der Waals surface area contributed by atoms with Crippen molar-refractivity contribution in [3.8, 4) is 0 Å². The Labute approximate surface area is 126 Å². The summed E-state index contributed by atoms with van der Waals surface area (Å²) in [4.78, 5) is 13.4. The zero-order valence-electron chi connectivity index (χ0n) is 12.6. The average Bonchev–Trinajstić information content (AvgIpc) is 2.40. The first-order chi connectivity index (χ1) is 9.60. The maximum atomic E-state index is 8.89. The van der Waals surface area contributed by atoms with Gasteiger partial charge in [0.15, 0.2) is 0 Å². The highest BCUT2D eigenvalue weighted by atomic mass is 35.5. The number of aliphatic hydroxyl groups excluding tert-OH is 1. The van der Waals surface area contributed by atoms with Gasteiger partial charge in [-0.15, -0.1) is 11.6 Å². The van der Waals surface area contributed by atoms with Crippen LogP contribution in [-0.2, 0) is 0 Å². The first-order valence-corrected chi connectivity index (χ1v) is 7.60. The summed E-state index contributed by atoms with van der Waals surface area (Å²) in [6, 6.07) is 1.99. The summed E-state index contributed by atoms with van der Waals surface area (Å²) in [6.45, 7) is 10.7. The minimum absolute atomic E-state index is 0.236. The largest absolute Gasteiger partial charge is 0.395 e. The molecule has 1 saturated heterocycles. The molecular formula is C14H25ClN4O. The van der Waals surface area contributed by atoms with Gasteiger partial charge in [0.1, 0.15) is 0 Å². The minimum atomic E-state index is 0.236. The first kappa shape index (κ1) is 17.1. The van der Waals surface area contributed by atoms with E-state index in [-0.39, 0.29) is 6.61 Å². The Bertz CT molecular complexity index is 375. The van der Waals surface area contributed by atoms with Crippen molar-refractivity contribution in [2.75, 3.05) is 50.1 Å². The van der Waals surface area contributed by atoms with Crippen molar-refractivity contribution in [1.82, 2.24) is 14.9 Å². The van der Waals surface area contributed by atoms with Crippen molar-refractivity contribution < 1.29 is 5.11 Å². The van der Waals surface area contributed by atoms with Gasteiger partial charge < -0.3 is 10.0 Å². The van der Waals surface area contributed by atoms with E-state index in [4.69, 9.17) is 16.7 Å². The summed E-state index contributed by atoms with van der Waals surface area (Å²) >= 11 is 5.00. The van der Waals surface area contributed by atoms with Crippen LogP contribution in [0.2, 0.25) is 0 Å². The third-order valence-corrected chi connectivity index (χ3v) is 3.04. The summed E-state index contributed by atoms with van der Waals surface area (Å²) < 4.78 is 0. The van der Waals surface area contributed by atoms with Crippen molar-refractivity contribution >= 4 is 17.5 Å². The van der Waals surface area contributed by atoms with E-state index >= 15 is 0 Å². The monoisotopic (exact) mass is 300 g/mol. The van der Waals surface area contributed by atoms with E-state index in [1.165, 1.54) is 0 Å². The van der Waals surface area contributed by atoms with Crippen molar-refractivity contribution in [2.24, 2.45) is 0 Å². The van der Waals surface area contributed by atoms with Crippen molar-refractivity contribution in [3.63, 3.8) is 0 Å². The lowest BCUT2D eigenvalue weighted by molar-refractivity contribution is 0.188. The molecule has 6 heteroatoms. The second-order valence-electron chi connectivity index (χ2n) is 4.77. The van der Waals surface area contributed by atoms with Crippen molar-refractivity contribution in [2.45, 2.75) is 20.8 Å². The van der Waals surface area contributed by atoms with Crippen LogP contribution in [0.1, 0.15) is 18.3 Å². The average molecular weight is 301 g/mol. The Hall–Kier alpha value is -0.910. The number of β-amino-alcohol motifs (C(OH)–C–C–N with tert-alkyl or cyclic N) is 1. The molecule has 5 nitrogen and oxygen atoms in total. The van der Waals surface area contributed by atoms with Gasteiger partial charge in [0, 0.05) is 50.0 Å². The van der Waals surface area contributed by atoms with E-state index < -0.39 is 0 Å². The van der Waals surface area contributed by atoms with Crippen LogP contribution in [0.4, 0.5) is 5.95 Å². The van der Waals surface area contributed by atoms with Gasteiger partial charge >= 0.3 is 0 Å². The fraction of sp³-hybridized carbons (Fsp3) is 0.714. The Morgan fingerprint density at radius 2 is 1.65 bits per heavy atom. The second kappa shape index (κ2) is 9.10. The molecule has 0 amide bonds. The van der Waals surface area contributed by atoms with Crippen LogP contribution in [0, 0.1) is 13.8 Å². The number of aryl methyl sites for hydroxylation is 2. The highest BCUT2D eigenvalue weighted by molar-refractivity contribution is 6.17. The molecule has 1 fully saturated rings. The van der Waals surface area contributed by atoms with E-state index in [1.807, 2.05) is 26.8 Å². The van der Waals surface area contributed by atoms with Gasteiger partial charge in [0.05, 0.1) is 6.61 Å². The molecule has 1 aliphatic heterocycles. The quantitative estimate of drug-likeness (QED) is 0.857. The van der Waals surface area contributed by atoms with Gasteiger partial charge in [-0.3, -0.25) is 4.90 Å². The first-order valence-electron chi connectivity index (χ1n) is 7.07. The molecule has 2 rings (SSSR count). The molecular weight excluding hydrogens is 276 g/mol. The Balaban J connectivity index is 0.000000612. The van der Waals surface area contributed by atoms with Crippen LogP contribution < -0.4 is 4.90 Å². The van der Waals surface area contributed by atoms with E-state index in [1.54, 1.807) is 0 Å². The van der Waals surface area contributed by atoms with Gasteiger partial charge in [0.25, 0.3) is 0 Å². The fourth-order valence-electron chi connectivity index (χ4n) is 2.16. The van der Waals surface area contributed by atoms with Gasteiger partial charge in [-0.2, -0.15) is 0 Å². The molecule has 0 unspecified atom stereocenters. The highest BCUT2D eigenvalue weighted by Crippen LogP contribution is 2.12. The number of aromatic nitrogens is 2. The van der Waals surface area contributed by atoms with Crippen LogP contribution in [0.5, 0.6) is 0 Å². The van der Waals surface area contributed by atoms with E-state index in [9.17, 15) is 0 Å². The van der Waals surface area contributed by atoms with Gasteiger partial charge in [-0.25, -0.2) is 9.97 Å². The predicted molar refractivity (Wildman–Crippen MR) is 83.6 cm³/mol. The molecule has 0 aliphatic carbocycles. The topological polar surface area (TPSA) is 52.5 Å². The molecule has 0 atom stereocenters. The molecule has 0 bridgehead atoms. The normalized spacial score (nSPS) is 15.8. The third kappa shape index (κ3) is 5.61. The highest BCUT2D eigenvalue weighted by Gasteiger charge is 2.18. The van der Waals surface area contributed by atoms with Crippen LogP contribution in [-0.4, -0.2) is 65.2 Å². The maximum absolute atomic E-state index is 8.89. The SMILES string of the molecule is CCCl.Cc1cc(C)nc(N2CCN(CCO)CC2)n1. The molecule has 1 aromatic heterocycles. The maximum Gasteiger partial charge on any atom is 0.225 e. The molecule has 1 N–H and O–H groups in total. The number of nitrogens with zero attached hydrogens (tertiary/aromatic N) is 4. The van der Waals surface area contributed by atoms with E-state index in [0.717, 1.165) is 55.9 Å². The van der Waals surface area contributed by atoms with E-state index in [2.05, 4.69) is 19.8 Å². The van der Waals surface area contributed by atoms with Gasteiger partial charge in [-0.05, 0) is 19.9 Å². The zero-order valence-corrected chi connectivity index (χ0v) is 13.4. The Morgan fingerprint density at radius 1 is 1.15 bits per heavy atom. The number of rotatable bonds is 3. The van der Waals surface area contributed by atoms with E-state index in [0.29, 0.717) is 0 Å². The minimum Gasteiger partial charge on any atom is -0.395 e. The lowest BCUT2D eigenvalue weighted by Crippen LogP contribution is -2.47. The summed E-state index contributed by atoms with van der Waals surface area (Å²) in [5.74, 6) is 1.56. The molecule has 114 valence electrons. The summed E-state index contributed by atoms with van der Waals surface area (Å²) in [6.07, 6.45) is 0. The fourth-order valence-corrected chi connectivity index (χ4v) is 2.16.